The van der Waals surface area contributed by atoms with E-state index in [9.17, 15) is 18.8 Å². The zero-order valence-corrected chi connectivity index (χ0v) is 23.9. The molecule has 3 amide bonds. The van der Waals surface area contributed by atoms with E-state index in [1.807, 2.05) is 39.0 Å². The van der Waals surface area contributed by atoms with Crippen molar-refractivity contribution in [1.82, 2.24) is 4.90 Å². The Morgan fingerprint density at radius 1 is 1.10 bits per heavy atom. The monoisotopic (exact) mass is 612 g/mol. The van der Waals surface area contributed by atoms with E-state index < -0.39 is 17.0 Å². The molecule has 0 bridgehead atoms. The van der Waals surface area contributed by atoms with Gasteiger partial charge in [0.25, 0.3) is 17.1 Å². The van der Waals surface area contributed by atoms with Crippen molar-refractivity contribution in [1.29, 1.82) is 0 Å². The summed E-state index contributed by atoms with van der Waals surface area (Å²) in [5, 5.41) is 2.36. The molecule has 4 rings (SSSR count). The van der Waals surface area contributed by atoms with E-state index in [1.54, 1.807) is 30.3 Å². The number of carbonyl (C=O) groups is 3. The van der Waals surface area contributed by atoms with Crippen molar-refractivity contribution >= 4 is 56.5 Å². The second-order valence-electron chi connectivity index (χ2n) is 8.78. The molecule has 0 spiro atoms. The molecule has 0 unspecified atom stereocenters. The second kappa shape index (κ2) is 12.5. The first-order chi connectivity index (χ1) is 18.7. The maximum Gasteiger partial charge on any atom is 0.293 e. The molecule has 3 aromatic carbocycles. The number of hydrogen-bond acceptors (Lipinski definition) is 6. The minimum atomic E-state index is -0.509. The molecule has 0 aromatic heterocycles. The molecular weight excluding hydrogens is 587 g/mol. The van der Waals surface area contributed by atoms with E-state index in [-0.39, 0.29) is 29.5 Å². The van der Waals surface area contributed by atoms with Crippen molar-refractivity contribution in [2.45, 2.75) is 27.3 Å². The summed E-state index contributed by atoms with van der Waals surface area (Å²) in [6.45, 7) is 5.64. The maximum absolute atomic E-state index is 14.1. The first kappa shape index (κ1) is 28.4. The predicted molar refractivity (Wildman–Crippen MR) is 153 cm³/mol. The lowest BCUT2D eigenvalue weighted by molar-refractivity contribution is -0.123. The summed E-state index contributed by atoms with van der Waals surface area (Å²) in [7, 11) is 0. The van der Waals surface area contributed by atoms with Crippen LogP contribution in [0.5, 0.6) is 11.5 Å². The number of anilines is 1. The van der Waals surface area contributed by atoms with Gasteiger partial charge in [-0.15, -0.1) is 0 Å². The van der Waals surface area contributed by atoms with Crippen LogP contribution in [0.1, 0.15) is 29.2 Å². The molecule has 1 fully saturated rings. The summed E-state index contributed by atoms with van der Waals surface area (Å²) in [4.78, 5) is 39.2. The lowest BCUT2D eigenvalue weighted by Crippen LogP contribution is -2.27. The normalized spacial score (nSPS) is 14.2. The minimum Gasteiger partial charge on any atom is -0.490 e. The topological polar surface area (TPSA) is 84.9 Å². The minimum absolute atomic E-state index is 0.153. The second-order valence-corrected chi connectivity index (χ2v) is 10.6. The van der Waals surface area contributed by atoms with Crippen LogP contribution in [0.4, 0.5) is 14.9 Å². The number of ether oxygens (including phenoxy) is 2. The van der Waals surface area contributed by atoms with Gasteiger partial charge in [0, 0.05) is 11.3 Å². The number of thioether (sulfide) groups is 1. The third-order valence-electron chi connectivity index (χ3n) is 5.79. The Balaban J connectivity index is 1.50. The molecule has 0 saturated carbocycles. The molecule has 39 heavy (non-hydrogen) atoms. The van der Waals surface area contributed by atoms with Crippen LogP contribution in [0, 0.1) is 19.7 Å². The van der Waals surface area contributed by atoms with Gasteiger partial charge in [-0.25, -0.2) is 4.39 Å². The lowest BCUT2D eigenvalue weighted by Gasteiger charge is -2.15. The van der Waals surface area contributed by atoms with E-state index in [1.165, 1.54) is 12.1 Å². The van der Waals surface area contributed by atoms with Gasteiger partial charge in [0.15, 0.2) is 18.1 Å². The van der Waals surface area contributed by atoms with Gasteiger partial charge in [-0.1, -0.05) is 35.9 Å². The summed E-state index contributed by atoms with van der Waals surface area (Å²) < 4.78 is 26.1. The van der Waals surface area contributed by atoms with E-state index >= 15 is 0 Å². The molecule has 1 aliphatic heterocycles. The summed E-state index contributed by atoms with van der Waals surface area (Å²) >= 11 is 4.25. The molecule has 1 saturated heterocycles. The fourth-order valence-electron chi connectivity index (χ4n) is 3.94. The van der Waals surface area contributed by atoms with Gasteiger partial charge in [-0.3, -0.25) is 19.3 Å². The number of halogens is 2. The molecule has 10 heteroatoms. The summed E-state index contributed by atoms with van der Waals surface area (Å²) in [5.74, 6) is -0.626. The highest BCUT2D eigenvalue weighted by Crippen LogP contribution is 2.39. The molecule has 0 atom stereocenters. The Labute approximate surface area is 238 Å². The smallest absolute Gasteiger partial charge is 0.293 e. The Morgan fingerprint density at radius 2 is 1.87 bits per heavy atom. The van der Waals surface area contributed by atoms with Crippen LogP contribution in [0.2, 0.25) is 0 Å². The number of hydrogen-bond donors (Lipinski definition) is 1. The lowest BCUT2D eigenvalue weighted by atomic mass is 10.1. The third-order valence-corrected chi connectivity index (χ3v) is 7.29. The number of aryl methyl sites for hydroxylation is 2. The molecular formula is C29H26BrFN2O5S. The van der Waals surface area contributed by atoms with Gasteiger partial charge in [-0.05, 0) is 89.9 Å². The van der Waals surface area contributed by atoms with Crippen molar-refractivity contribution in [3.8, 4) is 11.5 Å². The van der Waals surface area contributed by atoms with Crippen LogP contribution in [-0.2, 0) is 16.1 Å². The van der Waals surface area contributed by atoms with Gasteiger partial charge >= 0.3 is 0 Å². The van der Waals surface area contributed by atoms with Crippen molar-refractivity contribution in [3.05, 3.63) is 92.0 Å². The van der Waals surface area contributed by atoms with Gasteiger partial charge in [-0.2, -0.15) is 0 Å². The van der Waals surface area contributed by atoms with Crippen LogP contribution >= 0.6 is 27.7 Å². The summed E-state index contributed by atoms with van der Waals surface area (Å²) in [6.07, 6.45) is 1.57. The first-order valence-corrected chi connectivity index (χ1v) is 13.7. The average molecular weight is 614 g/mol. The van der Waals surface area contributed by atoms with Crippen molar-refractivity contribution in [2.24, 2.45) is 0 Å². The van der Waals surface area contributed by atoms with E-state index in [4.69, 9.17) is 9.47 Å². The quantitative estimate of drug-likeness (QED) is 0.266. The zero-order valence-electron chi connectivity index (χ0n) is 21.5. The number of benzene rings is 3. The van der Waals surface area contributed by atoms with E-state index in [0.717, 1.165) is 27.8 Å². The molecule has 1 heterocycles. The van der Waals surface area contributed by atoms with Gasteiger partial charge < -0.3 is 14.8 Å². The summed E-state index contributed by atoms with van der Waals surface area (Å²) in [6, 6.07) is 15.1. The third kappa shape index (κ3) is 6.88. The van der Waals surface area contributed by atoms with Crippen LogP contribution < -0.4 is 14.8 Å². The van der Waals surface area contributed by atoms with Crippen LogP contribution in [0.25, 0.3) is 6.08 Å². The Hall–Kier alpha value is -3.63. The van der Waals surface area contributed by atoms with E-state index in [0.29, 0.717) is 33.8 Å². The number of carbonyl (C=O) groups excluding carboxylic acids is 3. The molecule has 7 nitrogen and oxygen atoms in total. The van der Waals surface area contributed by atoms with Crippen molar-refractivity contribution in [3.63, 3.8) is 0 Å². The SMILES string of the molecule is CCOc1cc(/C=C2\SC(=O)N(Cc3ccccc3F)C2=O)cc(Br)c1OCC(=O)Nc1ccc(C)cc1C. The first-order valence-electron chi connectivity index (χ1n) is 12.1. The van der Waals surface area contributed by atoms with Crippen LogP contribution in [0.15, 0.2) is 64.0 Å². The maximum atomic E-state index is 14.1. The Kier molecular flexibility index (Phi) is 9.08. The summed E-state index contributed by atoms with van der Waals surface area (Å²) in [5.41, 5.74) is 3.58. The van der Waals surface area contributed by atoms with Gasteiger partial charge in [0.2, 0.25) is 0 Å². The number of nitrogens with one attached hydrogen (secondary N) is 1. The highest BCUT2D eigenvalue weighted by atomic mass is 79.9. The Morgan fingerprint density at radius 3 is 2.59 bits per heavy atom. The zero-order chi connectivity index (χ0) is 28.1. The largest absolute Gasteiger partial charge is 0.490 e. The van der Waals surface area contributed by atoms with Crippen LogP contribution in [-0.4, -0.2) is 35.2 Å². The number of imide groups is 1. The standard InChI is InChI=1S/C29H26BrFN2O5S/c1-4-37-24-13-19(14-25-28(35)33(29(36)39-25)15-20-7-5-6-8-22(20)31)12-21(30)27(24)38-16-26(34)32-23-10-9-17(2)11-18(23)3/h5-14H,4,15-16H2,1-3H3,(H,32,34)/b25-14-. The molecule has 0 aliphatic carbocycles. The van der Waals surface area contributed by atoms with Crippen molar-refractivity contribution in [2.75, 3.05) is 18.5 Å². The average Bonchev–Trinajstić information content (AvgIpc) is 3.14. The predicted octanol–water partition coefficient (Wildman–Crippen LogP) is 6.86. The Bertz CT molecular complexity index is 1480. The fourth-order valence-corrected chi connectivity index (χ4v) is 5.35. The van der Waals surface area contributed by atoms with Crippen molar-refractivity contribution < 1.29 is 28.2 Å². The molecule has 0 radical (unpaired) electrons. The number of amides is 3. The van der Waals surface area contributed by atoms with E-state index in [2.05, 4.69) is 21.2 Å². The highest BCUT2D eigenvalue weighted by molar-refractivity contribution is 9.10. The van der Waals surface area contributed by atoms with Gasteiger partial charge in [0.05, 0.1) is 22.5 Å². The molecule has 202 valence electrons. The van der Waals surface area contributed by atoms with Gasteiger partial charge in [0.1, 0.15) is 5.82 Å². The molecule has 3 aromatic rings. The number of rotatable bonds is 9. The van der Waals surface area contributed by atoms with Crippen LogP contribution in [0.3, 0.4) is 0 Å². The molecule has 1 aliphatic rings. The highest BCUT2D eigenvalue weighted by Gasteiger charge is 2.35. The molecule has 1 N–H and O–H groups in total. The number of nitrogens with zero attached hydrogens (tertiary/aromatic N) is 1. The fraction of sp³-hybridized carbons (Fsp3) is 0.207.